The van der Waals surface area contributed by atoms with Gasteiger partial charge in [-0.15, -0.1) is 23.1 Å². The van der Waals surface area contributed by atoms with Crippen LogP contribution in [-0.2, 0) is 6.42 Å². The van der Waals surface area contributed by atoms with E-state index in [2.05, 4.69) is 69.7 Å². The molecule has 2 rings (SSSR count). The summed E-state index contributed by atoms with van der Waals surface area (Å²) < 4.78 is 1.18. The maximum Gasteiger partial charge on any atom is 0.0943 e. The fraction of sp³-hybridized carbons (Fsp3) is 0.438. The molecule has 5 heteroatoms. The van der Waals surface area contributed by atoms with Crippen molar-refractivity contribution in [2.45, 2.75) is 37.6 Å². The van der Waals surface area contributed by atoms with Crippen molar-refractivity contribution >= 4 is 39.0 Å². The molecule has 0 spiro atoms. The first-order valence-corrected chi connectivity index (χ1v) is 9.86. The number of aromatic nitrogens is 1. The lowest BCUT2D eigenvalue weighted by Crippen LogP contribution is -2.34. The summed E-state index contributed by atoms with van der Waals surface area (Å²) in [6.07, 6.45) is 2.17. The minimum absolute atomic E-state index is 0.465. The van der Waals surface area contributed by atoms with Gasteiger partial charge in [0.15, 0.2) is 0 Å². The van der Waals surface area contributed by atoms with E-state index >= 15 is 0 Å². The molecule has 21 heavy (non-hydrogen) atoms. The van der Waals surface area contributed by atoms with Crippen LogP contribution in [0.3, 0.4) is 0 Å². The van der Waals surface area contributed by atoms with Crippen molar-refractivity contribution in [2.24, 2.45) is 0 Å². The van der Waals surface area contributed by atoms with E-state index in [-0.39, 0.29) is 0 Å². The van der Waals surface area contributed by atoms with E-state index in [1.165, 1.54) is 14.4 Å². The quantitative estimate of drug-likeness (QED) is 0.653. The van der Waals surface area contributed by atoms with Crippen molar-refractivity contribution in [2.75, 3.05) is 12.3 Å². The zero-order chi connectivity index (χ0) is 15.1. The van der Waals surface area contributed by atoms with Crippen LogP contribution in [-0.4, -0.2) is 23.3 Å². The van der Waals surface area contributed by atoms with E-state index < -0.39 is 0 Å². The van der Waals surface area contributed by atoms with Gasteiger partial charge in [0.1, 0.15) is 0 Å². The van der Waals surface area contributed by atoms with Gasteiger partial charge in [0.05, 0.1) is 5.01 Å². The van der Waals surface area contributed by atoms with Gasteiger partial charge in [0.25, 0.3) is 0 Å². The largest absolute Gasteiger partial charge is 0.313 e. The molecule has 0 aliphatic heterocycles. The Kier molecular flexibility index (Phi) is 7.23. The highest BCUT2D eigenvalue weighted by atomic mass is 79.9. The van der Waals surface area contributed by atoms with Crippen molar-refractivity contribution in [1.29, 1.82) is 0 Å². The Morgan fingerprint density at radius 2 is 2.19 bits per heavy atom. The molecule has 1 heterocycles. The Balaban J connectivity index is 1.94. The van der Waals surface area contributed by atoms with Crippen LogP contribution in [0.1, 0.15) is 24.0 Å². The molecule has 0 aliphatic carbocycles. The van der Waals surface area contributed by atoms with Gasteiger partial charge in [-0.05, 0) is 48.0 Å². The molecule has 0 bridgehead atoms. The van der Waals surface area contributed by atoms with Gasteiger partial charge in [-0.25, -0.2) is 4.98 Å². The van der Waals surface area contributed by atoms with Crippen LogP contribution in [0.2, 0.25) is 0 Å². The molecule has 1 aromatic carbocycles. The molecule has 0 fully saturated rings. The van der Waals surface area contributed by atoms with Gasteiger partial charge >= 0.3 is 0 Å². The van der Waals surface area contributed by atoms with Crippen LogP contribution in [0.5, 0.6) is 0 Å². The van der Waals surface area contributed by atoms with Gasteiger partial charge in [-0.3, -0.25) is 0 Å². The topological polar surface area (TPSA) is 24.9 Å². The third-order valence-electron chi connectivity index (χ3n) is 3.05. The highest BCUT2D eigenvalue weighted by Crippen LogP contribution is 2.28. The number of aryl methyl sites for hydroxylation is 1. The predicted molar refractivity (Wildman–Crippen MR) is 97.5 cm³/mol. The van der Waals surface area contributed by atoms with Gasteiger partial charge in [-0.1, -0.05) is 19.1 Å². The third-order valence-corrected chi connectivity index (χ3v) is 6.23. The molecule has 0 radical (unpaired) electrons. The molecule has 114 valence electrons. The van der Waals surface area contributed by atoms with E-state index in [0.29, 0.717) is 6.04 Å². The molecular weight excluding hydrogens is 364 g/mol. The average Bonchev–Trinajstić information content (AvgIpc) is 2.88. The Labute approximate surface area is 143 Å². The first kappa shape index (κ1) is 17.0. The summed E-state index contributed by atoms with van der Waals surface area (Å²) >= 11 is 7.28. The zero-order valence-corrected chi connectivity index (χ0v) is 15.7. The summed E-state index contributed by atoms with van der Waals surface area (Å²) in [6.45, 7) is 5.33. The number of hydrogen-bond donors (Lipinski definition) is 1. The van der Waals surface area contributed by atoms with Crippen molar-refractivity contribution in [1.82, 2.24) is 10.3 Å². The molecule has 1 N–H and O–H groups in total. The van der Waals surface area contributed by atoms with Crippen molar-refractivity contribution in [3.8, 4) is 0 Å². The summed E-state index contributed by atoms with van der Waals surface area (Å²) in [5, 5.41) is 7.01. The molecule has 1 atom stereocenters. The van der Waals surface area contributed by atoms with Crippen molar-refractivity contribution in [3.05, 3.63) is 44.8 Å². The molecule has 0 aliphatic rings. The van der Waals surface area contributed by atoms with E-state index in [1.54, 1.807) is 11.3 Å². The van der Waals surface area contributed by atoms with E-state index in [4.69, 9.17) is 0 Å². The van der Waals surface area contributed by atoms with Crippen LogP contribution < -0.4 is 5.32 Å². The summed E-state index contributed by atoms with van der Waals surface area (Å²) in [5.41, 5.74) is 1.13. The van der Waals surface area contributed by atoms with Gasteiger partial charge in [0.2, 0.25) is 0 Å². The summed E-state index contributed by atoms with van der Waals surface area (Å²) in [7, 11) is 0. The van der Waals surface area contributed by atoms with E-state index in [9.17, 15) is 0 Å². The fourth-order valence-electron chi connectivity index (χ4n) is 2.00. The zero-order valence-electron chi connectivity index (χ0n) is 12.4. The molecule has 1 aromatic heterocycles. The molecule has 0 saturated carbocycles. The first-order valence-electron chi connectivity index (χ1n) is 7.20. The van der Waals surface area contributed by atoms with Crippen LogP contribution >= 0.6 is 39.0 Å². The van der Waals surface area contributed by atoms with Gasteiger partial charge in [-0.2, -0.15) is 0 Å². The van der Waals surface area contributed by atoms with E-state index in [1.807, 2.05) is 11.8 Å². The number of benzene rings is 1. The molecule has 2 nitrogen and oxygen atoms in total. The second-order valence-corrected chi connectivity index (χ2v) is 7.84. The molecule has 2 aromatic rings. The molecule has 0 amide bonds. The fourth-order valence-corrected chi connectivity index (χ4v) is 4.48. The minimum Gasteiger partial charge on any atom is -0.313 e. The smallest absolute Gasteiger partial charge is 0.0943 e. The lowest BCUT2D eigenvalue weighted by molar-refractivity contribution is 0.549. The maximum absolute atomic E-state index is 4.59. The maximum atomic E-state index is 4.59. The van der Waals surface area contributed by atoms with Crippen LogP contribution in [0.15, 0.2) is 39.0 Å². The number of rotatable bonds is 8. The second kappa shape index (κ2) is 8.93. The van der Waals surface area contributed by atoms with Crippen molar-refractivity contribution < 1.29 is 0 Å². The Morgan fingerprint density at radius 3 is 2.86 bits per heavy atom. The lowest BCUT2D eigenvalue weighted by atomic mass is 10.2. The number of nitrogens with zero attached hydrogens (tertiary/aromatic N) is 1. The number of hydrogen-bond acceptors (Lipinski definition) is 4. The monoisotopic (exact) mass is 384 g/mol. The molecular formula is C16H21BrN2S2. The Hall–Kier alpha value is -0.360. The lowest BCUT2D eigenvalue weighted by Gasteiger charge is -2.17. The third kappa shape index (κ3) is 5.74. The first-order chi connectivity index (χ1) is 10.2. The molecule has 1 unspecified atom stereocenters. The van der Waals surface area contributed by atoms with Crippen LogP contribution in [0, 0.1) is 6.92 Å². The van der Waals surface area contributed by atoms with E-state index in [0.717, 1.165) is 30.8 Å². The SMILES string of the molecule is CCCNC(CSc1ccccc1Br)Cc1nc(C)cs1. The molecule has 0 saturated heterocycles. The summed E-state index contributed by atoms with van der Waals surface area (Å²) in [4.78, 5) is 5.89. The highest BCUT2D eigenvalue weighted by Gasteiger charge is 2.12. The van der Waals surface area contributed by atoms with Gasteiger partial charge < -0.3 is 5.32 Å². The van der Waals surface area contributed by atoms with Crippen LogP contribution in [0.25, 0.3) is 0 Å². The minimum atomic E-state index is 0.465. The van der Waals surface area contributed by atoms with Gasteiger partial charge in [0, 0.05) is 38.7 Å². The summed E-state index contributed by atoms with van der Waals surface area (Å²) in [5.74, 6) is 1.06. The summed E-state index contributed by atoms with van der Waals surface area (Å²) in [6, 6.07) is 8.87. The van der Waals surface area contributed by atoms with Crippen molar-refractivity contribution in [3.63, 3.8) is 0 Å². The second-order valence-electron chi connectivity index (χ2n) is 4.98. The Morgan fingerprint density at radius 1 is 1.38 bits per heavy atom. The number of thiazole rings is 1. The number of thioether (sulfide) groups is 1. The number of nitrogens with one attached hydrogen (secondary N) is 1. The number of halogens is 1. The highest BCUT2D eigenvalue weighted by molar-refractivity contribution is 9.10. The standard InChI is InChI=1S/C16H21BrN2S2/c1-3-8-18-13(9-16-19-12(2)10-21-16)11-20-15-7-5-4-6-14(15)17/h4-7,10,13,18H,3,8-9,11H2,1-2H3. The van der Waals surface area contributed by atoms with Crippen LogP contribution in [0.4, 0.5) is 0 Å². The predicted octanol–water partition coefficient (Wildman–Crippen LogP) is 4.92. The Bertz CT molecular complexity index is 557. The normalized spacial score (nSPS) is 12.5. The average molecular weight is 385 g/mol.